The number of rotatable bonds is 13. The molecule has 0 aliphatic carbocycles. The first-order chi connectivity index (χ1) is 27.2. The predicted octanol–water partition coefficient (Wildman–Crippen LogP) is 11.1. The molecule has 12 nitrogen and oxygen atoms in total. The molecule has 6 amide bonds. The standard InChI is InChI=1S/C12H22N3.3C11H16N2O.Zr/c1-12(2,3)13-8-10-6-7-11(14-10)9-15(4)5;3*1-3-13(4-2)11(14)12-10-8-6-5-7-9-10;/h6-7,13H,8-9H2,1-5H3;3*5-9H,3-4H2,1-2H3,(H,12,14);/q-1;;;;+4/p-3. The third kappa shape index (κ3) is 23.7. The van der Waals surface area contributed by atoms with Gasteiger partial charge in [0.2, 0.25) is 0 Å². The van der Waals surface area contributed by atoms with Gasteiger partial charge in [-0.2, -0.15) is 0 Å². The molecule has 0 aliphatic heterocycles. The molecule has 1 aromatic heterocycles. The SMILES string of the molecule is CCN(CC)C(=O)[N-]c1ccccc1.CCN(CC)C(=O)[N-]c1ccccc1.CCN(CC)C(=O)[N-]c1ccccc1.CN(C)Cc1ccc(CNC(C)(C)C)[n-]1.[Zr+4]. The second kappa shape index (κ2) is 30.6. The number of carbonyl (C=O) groups is 3. The van der Waals surface area contributed by atoms with E-state index < -0.39 is 0 Å². The maximum atomic E-state index is 11.5. The van der Waals surface area contributed by atoms with E-state index >= 15 is 0 Å². The molecule has 0 saturated carbocycles. The number of amides is 6. The third-order valence-electron chi connectivity index (χ3n) is 8.08. The number of benzene rings is 3. The first kappa shape index (κ1) is 53.6. The molecule has 4 aromatic rings. The van der Waals surface area contributed by atoms with Crippen LogP contribution in [0.5, 0.6) is 0 Å². The summed E-state index contributed by atoms with van der Waals surface area (Å²) in [6.07, 6.45) is 0. The Kier molecular flexibility index (Phi) is 28.3. The Bertz CT molecular complexity index is 1490. The summed E-state index contributed by atoms with van der Waals surface area (Å²) in [5, 5.41) is 15.4. The van der Waals surface area contributed by atoms with Crippen LogP contribution >= 0.6 is 0 Å². The van der Waals surface area contributed by atoms with Gasteiger partial charge in [0, 0.05) is 18.6 Å². The van der Waals surface area contributed by atoms with E-state index in [9.17, 15) is 14.4 Å². The Morgan fingerprint density at radius 1 is 0.517 bits per heavy atom. The minimum Gasteiger partial charge on any atom is -0.663 e. The smallest absolute Gasteiger partial charge is 0.663 e. The first-order valence-electron chi connectivity index (χ1n) is 19.9. The zero-order valence-electron chi connectivity index (χ0n) is 36.8. The van der Waals surface area contributed by atoms with Crippen molar-refractivity contribution in [1.82, 2.24) is 29.9 Å². The number of aromatic nitrogens is 1. The van der Waals surface area contributed by atoms with Crippen LogP contribution in [0.4, 0.5) is 31.4 Å². The number of hydrogen-bond donors (Lipinski definition) is 1. The monoisotopic (exact) mass is 871 g/mol. The van der Waals surface area contributed by atoms with E-state index in [1.165, 1.54) is 0 Å². The molecule has 0 saturated heterocycles. The van der Waals surface area contributed by atoms with Crippen LogP contribution in [0.15, 0.2) is 103 Å². The topological polar surface area (TPSA) is 133 Å². The average Bonchev–Trinajstić information content (AvgIpc) is 3.64. The van der Waals surface area contributed by atoms with Crippen LogP contribution in [-0.4, -0.2) is 96.6 Å². The third-order valence-corrected chi connectivity index (χ3v) is 8.08. The predicted molar refractivity (Wildman–Crippen MR) is 237 cm³/mol. The van der Waals surface area contributed by atoms with Crippen molar-refractivity contribution >= 4 is 35.2 Å². The van der Waals surface area contributed by atoms with Crippen molar-refractivity contribution in [3.63, 3.8) is 0 Å². The Balaban J connectivity index is 0.000000743. The van der Waals surface area contributed by atoms with Crippen molar-refractivity contribution in [2.75, 3.05) is 53.4 Å². The summed E-state index contributed by atoms with van der Waals surface area (Å²) < 4.78 is 0. The molecule has 1 N–H and O–H groups in total. The van der Waals surface area contributed by atoms with Crippen LogP contribution in [0.25, 0.3) is 16.0 Å². The molecule has 0 radical (unpaired) electrons. The van der Waals surface area contributed by atoms with Gasteiger partial charge in [0.1, 0.15) is 0 Å². The van der Waals surface area contributed by atoms with Crippen molar-refractivity contribution in [2.45, 2.75) is 80.9 Å². The summed E-state index contributed by atoms with van der Waals surface area (Å²) in [5.41, 5.74) is 4.56. The number of para-hydroxylation sites is 3. The molecule has 1 heterocycles. The number of carbonyl (C=O) groups excluding carboxylic acids is 3. The van der Waals surface area contributed by atoms with Crippen LogP contribution < -0.4 is 10.3 Å². The zero-order valence-corrected chi connectivity index (χ0v) is 39.2. The van der Waals surface area contributed by atoms with Gasteiger partial charge in [0.25, 0.3) is 0 Å². The van der Waals surface area contributed by atoms with Gasteiger partial charge in [0.15, 0.2) is 18.1 Å². The summed E-state index contributed by atoms with van der Waals surface area (Å²) in [6, 6.07) is 31.5. The van der Waals surface area contributed by atoms with Crippen LogP contribution in [-0.2, 0) is 39.3 Å². The zero-order chi connectivity index (χ0) is 42.6. The molecule has 13 heteroatoms. The Labute approximate surface area is 368 Å². The van der Waals surface area contributed by atoms with Crippen molar-refractivity contribution < 1.29 is 40.6 Å². The van der Waals surface area contributed by atoms with Gasteiger partial charge in [-0.05, 0) is 91.2 Å². The van der Waals surface area contributed by atoms with Gasteiger partial charge >= 0.3 is 26.2 Å². The van der Waals surface area contributed by atoms with Gasteiger partial charge < -0.3 is 45.9 Å². The quantitative estimate of drug-likeness (QED) is 0.142. The number of urea groups is 3. The van der Waals surface area contributed by atoms with Crippen LogP contribution in [0, 0.1) is 0 Å². The van der Waals surface area contributed by atoms with Crippen molar-refractivity contribution in [3.8, 4) is 0 Å². The second-order valence-electron chi connectivity index (χ2n) is 14.0. The maximum absolute atomic E-state index is 11.5. The molecule has 58 heavy (non-hydrogen) atoms. The van der Waals surface area contributed by atoms with Crippen LogP contribution in [0.2, 0.25) is 0 Å². The van der Waals surface area contributed by atoms with E-state index in [0.717, 1.165) is 24.5 Å². The molecule has 0 atom stereocenters. The van der Waals surface area contributed by atoms with Crippen molar-refractivity contribution in [1.29, 1.82) is 0 Å². The Hall–Kier alpha value is -4.45. The molecule has 0 bridgehead atoms. The molecular formula is C45H67N9O3Zr. The number of hydrogen-bond acceptors (Lipinski definition) is 5. The number of nitrogens with one attached hydrogen (secondary N) is 1. The van der Waals surface area contributed by atoms with E-state index in [1.807, 2.05) is 133 Å². The molecule has 4 rings (SSSR count). The minimum absolute atomic E-state index is 0. The summed E-state index contributed by atoms with van der Waals surface area (Å²) in [5.74, 6) is 0. The van der Waals surface area contributed by atoms with E-state index in [-0.39, 0.29) is 49.8 Å². The van der Waals surface area contributed by atoms with Gasteiger partial charge in [-0.25, -0.2) is 0 Å². The van der Waals surface area contributed by atoms with E-state index in [1.54, 1.807) is 14.7 Å². The summed E-state index contributed by atoms with van der Waals surface area (Å²) in [6.45, 7) is 24.1. The fraction of sp³-hybridized carbons (Fsp3) is 0.444. The van der Waals surface area contributed by atoms with Crippen LogP contribution in [0.3, 0.4) is 0 Å². The molecule has 3 aromatic carbocycles. The molecular weight excluding hydrogens is 806 g/mol. The average molecular weight is 873 g/mol. The summed E-state index contributed by atoms with van der Waals surface area (Å²) >= 11 is 0. The first-order valence-corrected chi connectivity index (χ1v) is 19.9. The molecule has 0 aliphatic rings. The number of nitrogens with zero attached hydrogens (tertiary/aromatic N) is 8. The molecule has 0 spiro atoms. The van der Waals surface area contributed by atoms with E-state index in [4.69, 9.17) is 0 Å². The summed E-state index contributed by atoms with van der Waals surface area (Å²) in [7, 11) is 4.11. The van der Waals surface area contributed by atoms with Crippen molar-refractivity contribution in [2.24, 2.45) is 0 Å². The fourth-order valence-electron chi connectivity index (χ4n) is 4.85. The summed E-state index contributed by atoms with van der Waals surface area (Å²) in [4.78, 5) is 46.3. The van der Waals surface area contributed by atoms with Crippen molar-refractivity contribution in [3.05, 3.63) is 130 Å². The second-order valence-corrected chi connectivity index (χ2v) is 14.0. The maximum Gasteiger partial charge on any atom is 4.00 e. The molecule has 0 unspecified atom stereocenters. The van der Waals surface area contributed by atoms with Gasteiger partial charge in [0.05, 0.1) is 0 Å². The van der Waals surface area contributed by atoms with Gasteiger partial charge in [-0.3, -0.25) is 14.4 Å². The van der Waals surface area contributed by atoms with E-state index in [2.05, 4.69) is 78.2 Å². The van der Waals surface area contributed by atoms with Crippen LogP contribution in [0.1, 0.15) is 73.7 Å². The largest absolute Gasteiger partial charge is 4.00 e. The molecule has 314 valence electrons. The fourth-order valence-corrected chi connectivity index (χ4v) is 4.85. The Morgan fingerprint density at radius 2 is 0.810 bits per heavy atom. The molecule has 0 fully saturated rings. The normalized spacial score (nSPS) is 10.1. The van der Waals surface area contributed by atoms with E-state index in [0.29, 0.717) is 56.3 Å². The van der Waals surface area contributed by atoms with Gasteiger partial charge in [-0.1, -0.05) is 145 Å². The minimum atomic E-state index is -0.166. The Morgan fingerprint density at radius 3 is 1.07 bits per heavy atom. The van der Waals surface area contributed by atoms with Gasteiger partial charge in [-0.15, -0.1) is 11.4 Å².